The van der Waals surface area contributed by atoms with E-state index in [0.717, 1.165) is 30.8 Å². The number of methoxy groups -OCH3 is 1. The Hall–Kier alpha value is -1.20. The lowest BCUT2D eigenvalue weighted by atomic mass is 9.86. The average Bonchev–Trinajstić information content (AvgIpc) is 2.47. The van der Waals surface area contributed by atoms with Gasteiger partial charge < -0.3 is 9.84 Å². The fourth-order valence-electron chi connectivity index (χ4n) is 3.17. The molecule has 0 saturated carbocycles. The molecule has 2 unspecified atom stereocenters. The zero-order valence-electron chi connectivity index (χ0n) is 11.5. The fraction of sp³-hybridized carbons (Fsp3) is 0.533. The quantitative estimate of drug-likeness (QED) is 0.876. The molecule has 1 saturated heterocycles. The Labute approximate surface area is 122 Å². The summed E-state index contributed by atoms with van der Waals surface area (Å²) in [4.78, 5) is 11.1. The van der Waals surface area contributed by atoms with Gasteiger partial charge >= 0.3 is 5.97 Å². The van der Waals surface area contributed by atoms with Crippen LogP contribution in [0.5, 0.6) is 5.75 Å². The predicted octanol–water partition coefficient (Wildman–Crippen LogP) is 2.36. The van der Waals surface area contributed by atoms with Crippen LogP contribution in [-0.2, 0) is 16.1 Å². The Morgan fingerprint density at radius 3 is 3.15 bits per heavy atom. The van der Waals surface area contributed by atoms with E-state index in [0.29, 0.717) is 6.42 Å². The first-order valence-corrected chi connectivity index (χ1v) is 7.95. The molecule has 108 valence electrons. The van der Waals surface area contributed by atoms with Crippen molar-refractivity contribution < 1.29 is 14.6 Å². The van der Waals surface area contributed by atoms with E-state index in [1.54, 1.807) is 7.11 Å². The van der Waals surface area contributed by atoms with Crippen molar-refractivity contribution in [2.24, 2.45) is 0 Å². The lowest BCUT2D eigenvalue weighted by Gasteiger charge is -2.44. The number of benzene rings is 1. The van der Waals surface area contributed by atoms with Crippen molar-refractivity contribution in [2.75, 3.05) is 12.9 Å². The minimum absolute atomic E-state index is 0.260. The molecule has 0 amide bonds. The van der Waals surface area contributed by atoms with E-state index in [2.05, 4.69) is 17.4 Å². The topological polar surface area (TPSA) is 58.6 Å². The van der Waals surface area contributed by atoms with Crippen molar-refractivity contribution in [2.45, 2.75) is 36.6 Å². The molecule has 0 bridgehead atoms. The van der Waals surface area contributed by atoms with Gasteiger partial charge in [0.1, 0.15) is 11.8 Å². The van der Waals surface area contributed by atoms with E-state index in [-0.39, 0.29) is 4.87 Å². The van der Waals surface area contributed by atoms with Crippen LogP contribution in [-0.4, -0.2) is 30.0 Å². The molecule has 1 aromatic rings. The van der Waals surface area contributed by atoms with E-state index in [1.165, 1.54) is 11.1 Å². The molecule has 2 atom stereocenters. The second-order valence-electron chi connectivity index (χ2n) is 5.38. The standard InChI is InChI=1S/C15H19NO3S/c1-19-11-5-4-10-3-2-7-15(12(10)9-11)16-13(14(17)18)6-8-20-15/h4-5,9,13,16H,2-3,6-8H2,1H3,(H,17,18). The van der Waals surface area contributed by atoms with Crippen molar-refractivity contribution in [3.8, 4) is 5.75 Å². The SMILES string of the molecule is COc1ccc2c(c1)C1(CCC2)NC(C(=O)O)CCS1. The third kappa shape index (κ3) is 2.29. The summed E-state index contributed by atoms with van der Waals surface area (Å²) in [7, 11) is 1.67. The minimum atomic E-state index is -0.750. The van der Waals surface area contributed by atoms with Gasteiger partial charge in [-0.05, 0) is 54.7 Å². The second-order valence-corrected chi connectivity index (χ2v) is 6.77. The van der Waals surface area contributed by atoms with Crippen LogP contribution in [0, 0.1) is 0 Å². The zero-order valence-corrected chi connectivity index (χ0v) is 12.3. The van der Waals surface area contributed by atoms with Crippen LogP contribution in [0.1, 0.15) is 30.4 Å². The number of ether oxygens (including phenoxy) is 1. The van der Waals surface area contributed by atoms with E-state index >= 15 is 0 Å². The normalized spacial score (nSPS) is 28.9. The van der Waals surface area contributed by atoms with Gasteiger partial charge in [-0.3, -0.25) is 10.1 Å². The van der Waals surface area contributed by atoms with Gasteiger partial charge in [-0.15, -0.1) is 11.8 Å². The van der Waals surface area contributed by atoms with Crippen LogP contribution >= 0.6 is 11.8 Å². The van der Waals surface area contributed by atoms with Gasteiger partial charge in [0.05, 0.1) is 12.0 Å². The summed E-state index contributed by atoms with van der Waals surface area (Å²) in [5.41, 5.74) is 2.52. The Balaban J connectivity index is 2.00. The number of carbonyl (C=O) groups is 1. The first-order valence-electron chi connectivity index (χ1n) is 6.96. The summed E-state index contributed by atoms with van der Waals surface area (Å²) in [5.74, 6) is 0.963. The van der Waals surface area contributed by atoms with Gasteiger partial charge in [-0.2, -0.15) is 0 Å². The molecule has 2 N–H and O–H groups in total. The maximum Gasteiger partial charge on any atom is 0.320 e. The van der Waals surface area contributed by atoms with E-state index in [9.17, 15) is 9.90 Å². The molecular formula is C15H19NO3S. The Bertz CT molecular complexity index is 534. The van der Waals surface area contributed by atoms with E-state index in [1.807, 2.05) is 17.8 Å². The smallest absolute Gasteiger partial charge is 0.320 e. The van der Waals surface area contributed by atoms with E-state index < -0.39 is 12.0 Å². The van der Waals surface area contributed by atoms with Gasteiger partial charge in [0.2, 0.25) is 0 Å². The third-order valence-electron chi connectivity index (χ3n) is 4.19. The lowest BCUT2D eigenvalue weighted by molar-refractivity contribution is -0.140. The van der Waals surface area contributed by atoms with Crippen molar-refractivity contribution >= 4 is 17.7 Å². The number of nitrogens with one attached hydrogen (secondary N) is 1. The number of carboxylic acid groups (broad SMARTS) is 1. The molecule has 4 nitrogen and oxygen atoms in total. The number of hydrogen-bond donors (Lipinski definition) is 2. The largest absolute Gasteiger partial charge is 0.497 e. The summed E-state index contributed by atoms with van der Waals surface area (Å²) in [6.45, 7) is 0. The molecule has 0 aromatic heterocycles. The average molecular weight is 293 g/mol. The molecule has 1 spiro atoms. The predicted molar refractivity (Wildman–Crippen MR) is 79.2 cm³/mol. The van der Waals surface area contributed by atoms with Gasteiger partial charge in [0.15, 0.2) is 0 Å². The molecule has 0 radical (unpaired) electrons. The molecule has 1 heterocycles. The summed E-state index contributed by atoms with van der Waals surface area (Å²) in [6, 6.07) is 5.72. The minimum Gasteiger partial charge on any atom is -0.497 e. The molecule has 1 aliphatic heterocycles. The van der Waals surface area contributed by atoms with Crippen molar-refractivity contribution in [3.05, 3.63) is 29.3 Å². The molecular weight excluding hydrogens is 274 g/mol. The highest BCUT2D eigenvalue weighted by molar-refractivity contribution is 8.00. The van der Waals surface area contributed by atoms with Crippen LogP contribution in [0.25, 0.3) is 0 Å². The summed E-state index contributed by atoms with van der Waals surface area (Å²) >= 11 is 1.84. The summed E-state index contributed by atoms with van der Waals surface area (Å²) in [5, 5.41) is 12.7. The molecule has 3 rings (SSSR count). The van der Waals surface area contributed by atoms with Crippen LogP contribution in [0.4, 0.5) is 0 Å². The molecule has 1 fully saturated rings. The summed E-state index contributed by atoms with van der Waals surface area (Å²) in [6.07, 6.45) is 3.80. The highest BCUT2D eigenvalue weighted by Gasteiger charge is 2.43. The van der Waals surface area contributed by atoms with Crippen LogP contribution < -0.4 is 10.1 Å². The Morgan fingerprint density at radius 2 is 2.40 bits per heavy atom. The van der Waals surface area contributed by atoms with Crippen LogP contribution in [0.3, 0.4) is 0 Å². The fourth-order valence-corrected chi connectivity index (χ4v) is 4.73. The highest BCUT2D eigenvalue weighted by Crippen LogP contribution is 2.47. The molecule has 2 aliphatic rings. The Morgan fingerprint density at radius 1 is 1.55 bits per heavy atom. The van der Waals surface area contributed by atoms with Gasteiger partial charge in [-0.1, -0.05) is 6.07 Å². The number of carboxylic acids is 1. The third-order valence-corrected chi connectivity index (χ3v) is 5.66. The first kappa shape index (κ1) is 13.8. The van der Waals surface area contributed by atoms with Gasteiger partial charge in [0, 0.05) is 0 Å². The van der Waals surface area contributed by atoms with Crippen molar-refractivity contribution in [1.82, 2.24) is 5.32 Å². The van der Waals surface area contributed by atoms with E-state index in [4.69, 9.17) is 4.74 Å². The number of thioether (sulfide) groups is 1. The van der Waals surface area contributed by atoms with Crippen molar-refractivity contribution in [1.29, 1.82) is 0 Å². The zero-order chi connectivity index (χ0) is 14.2. The number of rotatable bonds is 2. The van der Waals surface area contributed by atoms with Crippen LogP contribution in [0.2, 0.25) is 0 Å². The second kappa shape index (κ2) is 5.30. The van der Waals surface area contributed by atoms with Gasteiger partial charge in [0.25, 0.3) is 0 Å². The number of aryl methyl sites for hydroxylation is 1. The number of hydrogen-bond acceptors (Lipinski definition) is 4. The highest BCUT2D eigenvalue weighted by atomic mass is 32.2. The molecule has 1 aliphatic carbocycles. The molecule has 5 heteroatoms. The maximum absolute atomic E-state index is 11.3. The monoisotopic (exact) mass is 293 g/mol. The molecule has 1 aromatic carbocycles. The maximum atomic E-state index is 11.3. The molecule has 20 heavy (non-hydrogen) atoms. The van der Waals surface area contributed by atoms with Crippen LogP contribution in [0.15, 0.2) is 18.2 Å². The number of fused-ring (bicyclic) bond motifs is 2. The summed E-state index contributed by atoms with van der Waals surface area (Å²) < 4.78 is 5.34. The van der Waals surface area contributed by atoms with Gasteiger partial charge in [-0.25, -0.2) is 0 Å². The first-order chi connectivity index (χ1) is 9.64. The van der Waals surface area contributed by atoms with Crippen molar-refractivity contribution in [3.63, 3.8) is 0 Å². The Kier molecular flexibility index (Phi) is 3.65. The number of aliphatic carboxylic acids is 1. The lowest BCUT2D eigenvalue weighted by Crippen LogP contribution is -2.54.